The van der Waals surface area contributed by atoms with Crippen LogP contribution in [-0.4, -0.2) is 27.5 Å². The van der Waals surface area contributed by atoms with Crippen LogP contribution in [0.2, 0.25) is 0 Å². The average molecular weight is 296 g/mol. The second-order valence-corrected chi connectivity index (χ2v) is 5.77. The molecule has 0 bridgehead atoms. The summed E-state index contributed by atoms with van der Waals surface area (Å²) in [6, 6.07) is 5.47. The lowest BCUT2D eigenvalue weighted by Gasteiger charge is -2.19. The lowest BCUT2D eigenvalue weighted by Crippen LogP contribution is -2.89. The molecule has 6 nitrogen and oxygen atoms in total. The molecule has 6 heteroatoms. The SMILES string of the molecule is Cc1ccc2[nH]cc(-c3nc4c([nH]3)CC[NH2+][C@H]4C(=O)[O-])c2c1. The number of nitrogens with two attached hydrogens (primary N) is 1. The van der Waals surface area contributed by atoms with Crippen molar-refractivity contribution in [3.8, 4) is 11.4 Å². The smallest absolute Gasteiger partial charge is 0.171 e. The molecule has 22 heavy (non-hydrogen) atoms. The number of hydrogen-bond donors (Lipinski definition) is 3. The summed E-state index contributed by atoms with van der Waals surface area (Å²) in [4.78, 5) is 22.3. The Morgan fingerprint density at radius 1 is 1.45 bits per heavy atom. The van der Waals surface area contributed by atoms with Crippen molar-refractivity contribution in [1.82, 2.24) is 15.0 Å². The highest BCUT2D eigenvalue weighted by molar-refractivity contribution is 5.94. The van der Waals surface area contributed by atoms with E-state index in [1.54, 1.807) is 5.32 Å². The van der Waals surface area contributed by atoms with E-state index < -0.39 is 12.0 Å². The van der Waals surface area contributed by atoms with Crippen molar-refractivity contribution in [2.75, 3.05) is 6.54 Å². The number of carboxylic acids is 1. The lowest BCUT2D eigenvalue weighted by molar-refractivity contribution is -0.693. The predicted octanol–water partition coefficient (Wildman–Crippen LogP) is -0.223. The Labute approximate surface area is 126 Å². The van der Waals surface area contributed by atoms with Crippen molar-refractivity contribution in [3.05, 3.63) is 41.3 Å². The molecule has 0 aliphatic carbocycles. The highest BCUT2D eigenvalue weighted by atomic mass is 16.4. The Morgan fingerprint density at radius 2 is 2.32 bits per heavy atom. The Kier molecular flexibility index (Phi) is 2.80. The van der Waals surface area contributed by atoms with Crippen LogP contribution in [0.15, 0.2) is 24.4 Å². The number of nitrogens with zero attached hydrogens (tertiary/aromatic N) is 1. The first-order chi connectivity index (χ1) is 10.6. The summed E-state index contributed by atoms with van der Waals surface area (Å²) >= 11 is 0. The summed E-state index contributed by atoms with van der Waals surface area (Å²) in [5, 5.41) is 14.1. The fourth-order valence-corrected chi connectivity index (χ4v) is 3.14. The minimum Gasteiger partial charge on any atom is -0.544 e. The van der Waals surface area contributed by atoms with Gasteiger partial charge in [-0.25, -0.2) is 4.98 Å². The molecule has 4 N–H and O–H groups in total. The largest absolute Gasteiger partial charge is 0.544 e. The molecule has 3 aromatic rings. The number of aliphatic carboxylic acids is 1. The monoisotopic (exact) mass is 296 g/mol. The lowest BCUT2D eigenvalue weighted by atomic mass is 10.1. The molecule has 0 radical (unpaired) electrons. The Morgan fingerprint density at radius 3 is 3.14 bits per heavy atom. The molecule has 1 aromatic carbocycles. The van der Waals surface area contributed by atoms with Crippen molar-refractivity contribution >= 4 is 16.9 Å². The van der Waals surface area contributed by atoms with Gasteiger partial charge in [-0.05, 0) is 19.1 Å². The molecule has 0 amide bonds. The molecule has 4 rings (SSSR count). The average Bonchev–Trinajstić information content (AvgIpc) is 3.08. The minimum absolute atomic E-state index is 0.586. The van der Waals surface area contributed by atoms with Crippen molar-refractivity contribution in [2.45, 2.75) is 19.4 Å². The predicted molar refractivity (Wildman–Crippen MR) is 78.9 cm³/mol. The van der Waals surface area contributed by atoms with Crippen molar-refractivity contribution in [1.29, 1.82) is 0 Å². The van der Waals surface area contributed by atoms with Crippen LogP contribution in [0.5, 0.6) is 0 Å². The number of imidazole rings is 1. The number of quaternary nitrogens is 1. The number of H-pyrrole nitrogens is 2. The maximum Gasteiger partial charge on any atom is 0.171 e. The summed E-state index contributed by atoms with van der Waals surface area (Å²) in [6.07, 6.45) is 2.69. The standard InChI is InChI=1S/C16H16N4O2/c1-8-2-3-11-9(6-8)10(7-18-11)15-19-12-4-5-17-14(16(21)22)13(12)20-15/h2-3,6-7,14,17-18H,4-5H2,1H3,(H,19,20)(H,21,22)/t14-/m1/s1. The van der Waals surface area contributed by atoms with E-state index in [-0.39, 0.29) is 0 Å². The quantitative estimate of drug-likeness (QED) is 0.609. The molecule has 0 unspecified atom stereocenters. The summed E-state index contributed by atoms with van der Waals surface area (Å²) in [7, 11) is 0. The number of carbonyl (C=O) groups is 1. The number of aromatic nitrogens is 3. The van der Waals surface area contributed by atoms with E-state index in [0.29, 0.717) is 11.5 Å². The number of carboxylic acid groups (broad SMARTS) is 1. The zero-order valence-electron chi connectivity index (χ0n) is 12.1. The molecule has 0 saturated heterocycles. The highest BCUT2D eigenvalue weighted by Crippen LogP contribution is 2.29. The third kappa shape index (κ3) is 1.92. The van der Waals surface area contributed by atoms with Crippen LogP contribution in [0.1, 0.15) is 23.0 Å². The molecule has 0 saturated carbocycles. The number of hydrogen-bond acceptors (Lipinski definition) is 3. The molecule has 0 spiro atoms. The van der Waals surface area contributed by atoms with Gasteiger partial charge in [-0.1, -0.05) is 11.6 Å². The first kappa shape index (κ1) is 13.1. The zero-order valence-corrected chi connectivity index (χ0v) is 12.1. The number of aryl methyl sites for hydroxylation is 1. The van der Waals surface area contributed by atoms with Gasteiger partial charge in [-0.3, -0.25) is 0 Å². The third-order valence-electron chi connectivity index (χ3n) is 4.25. The molecule has 1 atom stereocenters. The van der Waals surface area contributed by atoms with Crippen LogP contribution >= 0.6 is 0 Å². The number of nitrogens with one attached hydrogen (secondary N) is 2. The van der Waals surface area contributed by atoms with Gasteiger partial charge in [0, 0.05) is 29.1 Å². The third-order valence-corrected chi connectivity index (χ3v) is 4.25. The topological polar surface area (TPSA) is 101 Å². The van der Waals surface area contributed by atoms with E-state index in [1.807, 2.05) is 19.2 Å². The van der Waals surface area contributed by atoms with Crippen LogP contribution < -0.4 is 10.4 Å². The van der Waals surface area contributed by atoms with Crippen LogP contribution in [0, 0.1) is 6.92 Å². The molecule has 0 fully saturated rings. The van der Waals surface area contributed by atoms with E-state index in [1.165, 1.54) is 5.56 Å². The van der Waals surface area contributed by atoms with Crippen LogP contribution in [0.25, 0.3) is 22.3 Å². The van der Waals surface area contributed by atoms with E-state index in [9.17, 15) is 9.90 Å². The summed E-state index contributed by atoms with van der Waals surface area (Å²) in [5.41, 5.74) is 4.66. The van der Waals surface area contributed by atoms with Crippen molar-refractivity contribution < 1.29 is 15.2 Å². The fourth-order valence-electron chi connectivity index (χ4n) is 3.14. The van der Waals surface area contributed by atoms with Gasteiger partial charge in [-0.2, -0.15) is 0 Å². The highest BCUT2D eigenvalue weighted by Gasteiger charge is 2.29. The van der Waals surface area contributed by atoms with Crippen LogP contribution in [0.4, 0.5) is 0 Å². The molecule has 112 valence electrons. The summed E-state index contributed by atoms with van der Waals surface area (Å²) < 4.78 is 0. The Bertz CT molecular complexity index is 878. The number of benzene rings is 1. The molecular formula is C16H16N4O2. The van der Waals surface area contributed by atoms with Crippen molar-refractivity contribution in [3.63, 3.8) is 0 Å². The molecule has 3 heterocycles. The van der Waals surface area contributed by atoms with Gasteiger partial charge in [0.25, 0.3) is 0 Å². The normalized spacial score (nSPS) is 17.6. The van der Waals surface area contributed by atoms with Crippen LogP contribution in [0.3, 0.4) is 0 Å². The summed E-state index contributed by atoms with van der Waals surface area (Å²) in [6.45, 7) is 2.77. The van der Waals surface area contributed by atoms with Gasteiger partial charge in [0.05, 0.1) is 12.2 Å². The van der Waals surface area contributed by atoms with Gasteiger partial charge >= 0.3 is 0 Å². The van der Waals surface area contributed by atoms with Gasteiger partial charge < -0.3 is 25.2 Å². The maximum absolute atomic E-state index is 11.3. The zero-order chi connectivity index (χ0) is 15.3. The first-order valence-corrected chi connectivity index (χ1v) is 7.34. The minimum atomic E-state index is -1.09. The fraction of sp³-hybridized carbons (Fsp3) is 0.250. The van der Waals surface area contributed by atoms with E-state index >= 15 is 0 Å². The van der Waals surface area contributed by atoms with E-state index in [2.05, 4.69) is 27.1 Å². The van der Waals surface area contributed by atoms with Gasteiger partial charge in [0.15, 0.2) is 6.04 Å². The first-order valence-electron chi connectivity index (χ1n) is 7.34. The molecule has 2 aromatic heterocycles. The van der Waals surface area contributed by atoms with Gasteiger partial charge in [0.2, 0.25) is 0 Å². The maximum atomic E-state index is 11.3. The number of carbonyl (C=O) groups excluding carboxylic acids is 1. The second kappa shape index (κ2) is 4.71. The van der Waals surface area contributed by atoms with E-state index in [4.69, 9.17) is 0 Å². The van der Waals surface area contributed by atoms with Gasteiger partial charge in [0.1, 0.15) is 17.5 Å². The van der Waals surface area contributed by atoms with Gasteiger partial charge in [-0.15, -0.1) is 0 Å². The molecular weight excluding hydrogens is 280 g/mol. The van der Waals surface area contributed by atoms with Crippen LogP contribution in [-0.2, 0) is 11.2 Å². The number of aromatic amines is 2. The second-order valence-electron chi connectivity index (χ2n) is 5.77. The number of fused-ring (bicyclic) bond motifs is 2. The molecule has 1 aliphatic rings. The summed E-state index contributed by atoms with van der Waals surface area (Å²) in [5.74, 6) is -0.378. The van der Waals surface area contributed by atoms with Crippen molar-refractivity contribution in [2.24, 2.45) is 0 Å². The Balaban J connectivity index is 1.86. The number of rotatable bonds is 2. The molecule has 1 aliphatic heterocycles. The van der Waals surface area contributed by atoms with E-state index in [0.717, 1.165) is 35.1 Å². The Hall–Kier alpha value is -2.60.